The number of amides is 1. The van der Waals surface area contributed by atoms with E-state index in [2.05, 4.69) is 12.3 Å². The molecule has 0 aromatic rings. The zero-order valence-corrected chi connectivity index (χ0v) is 10.4. The molecule has 0 heterocycles. The van der Waals surface area contributed by atoms with Crippen LogP contribution in [0.5, 0.6) is 0 Å². The monoisotopic (exact) mass is 228 g/mol. The Bertz CT molecular complexity index is 213. The van der Waals surface area contributed by atoms with Gasteiger partial charge in [-0.15, -0.1) is 0 Å². The Morgan fingerprint density at radius 2 is 2.06 bits per heavy atom. The third kappa shape index (κ3) is 4.94. The summed E-state index contributed by atoms with van der Waals surface area (Å²) >= 11 is 0. The SMILES string of the molecule is CC1CCC(OC(C)CCC(=O)NN)CC1. The maximum Gasteiger partial charge on any atom is 0.233 e. The maximum atomic E-state index is 11.0. The minimum Gasteiger partial charge on any atom is -0.375 e. The molecule has 1 fully saturated rings. The maximum absolute atomic E-state index is 11.0. The first-order chi connectivity index (χ1) is 7.61. The van der Waals surface area contributed by atoms with E-state index in [9.17, 15) is 4.79 Å². The van der Waals surface area contributed by atoms with Crippen LogP contribution in [0, 0.1) is 5.92 Å². The van der Waals surface area contributed by atoms with Crippen molar-refractivity contribution < 1.29 is 9.53 Å². The fourth-order valence-corrected chi connectivity index (χ4v) is 2.17. The van der Waals surface area contributed by atoms with Crippen molar-refractivity contribution in [2.45, 2.75) is 64.6 Å². The van der Waals surface area contributed by atoms with Gasteiger partial charge >= 0.3 is 0 Å². The van der Waals surface area contributed by atoms with Crippen LogP contribution in [-0.4, -0.2) is 18.1 Å². The smallest absolute Gasteiger partial charge is 0.233 e. The molecule has 0 saturated heterocycles. The van der Waals surface area contributed by atoms with Crippen LogP contribution in [0.1, 0.15) is 52.4 Å². The molecule has 1 atom stereocenters. The highest BCUT2D eigenvalue weighted by molar-refractivity contribution is 5.75. The Kier molecular flexibility index (Phi) is 5.77. The van der Waals surface area contributed by atoms with Gasteiger partial charge in [-0.05, 0) is 44.9 Å². The fourth-order valence-electron chi connectivity index (χ4n) is 2.17. The Labute approximate surface area is 97.9 Å². The van der Waals surface area contributed by atoms with Gasteiger partial charge in [-0.2, -0.15) is 0 Å². The molecule has 4 heteroatoms. The second kappa shape index (κ2) is 6.86. The molecule has 0 radical (unpaired) electrons. The number of rotatable bonds is 5. The number of carbonyl (C=O) groups excluding carboxylic acids is 1. The number of nitrogens with two attached hydrogens (primary N) is 1. The van der Waals surface area contributed by atoms with Gasteiger partial charge in [0.2, 0.25) is 5.91 Å². The molecule has 3 N–H and O–H groups in total. The van der Waals surface area contributed by atoms with Gasteiger partial charge in [-0.25, -0.2) is 5.84 Å². The second-order valence-corrected chi connectivity index (χ2v) is 4.93. The van der Waals surface area contributed by atoms with Crippen LogP contribution in [0.3, 0.4) is 0 Å². The largest absolute Gasteiger partial charge is 0.375 e. The van der Waals surface area contributed by atoms with E-state index in [1.807, 2.05) is 6.92 Å². The summed E-state index contributed by atoms with van der Waals surface area (Å²) in [5.74, 6) is 5.75. The van der Waals surface area contributed by atoms with Gasteiger partial charge in [0.1, 0.15) is 0 Å². The van der Waals surface area contributed by atoms with Crippen molar-refractivity contribution in [2.24, 2.45) is 11.8 Å². The zero-order valence-electron chi connectivity index (χ0n) is 10.4. The predicted molar refractivity (Wildman–Crippen MR) is 63.5 cm³/mol. The number of hydrogen-bond acceptors (Lipinski definition) is 3. The summed E-state index contributed by atoms with van der Waals surface area (Å²) < 4.78 is 5.91. The summed E-state index contributed by atoms with van der Waals surface area (Å²) in [6, 6.07) is 0. The van der Waals surface area contributed by atoms with Gasteiger partial charge in [0.25, 0.3) is 0 Å². The molecule has 1 aliphatic carbocycles. The molecule has 0 aromatic carbocycles. The Morgan fingerprint density at radius 1 is 1.44 bits per heavy atom. The molecular formula is C12H24N2O2. The number of hydrogen-bond donors (Lipinski definition) is 2. The minimum atomic E-state index is -0.118. The molecule has 0 bridgehead atoms. The summed E-state index contributed by atoms with van der Waals surface area (Å²) in [7, 11) is 0. The van der Waals surface area contributed by atoms with Crippen LogP contribution in [0.4, 0.5) is 0 Å². The van der Waals surface area contributed by atoms with E-state index in [-0.39, 0.29) is 12.0 Å². The molecule has 0 spiro atoms. The third-order valence-electron chi connectivity index (χ3n) is 3.33. The lowest BCUT2D eigenvalue weighted by atomic mass is 9.89. The normalized spacial score (nSPS) is 27.4. The molecule has 1 saturated carbocycles. The van der Waals surface area contributed by atoms with Gasteiger partial charge < -0.3 is 4.74 Å². The summed E-state index contributed by atoms with van der Waals surface area (Å²) in [6.07, 6.45) is 6.59. The molecular weight excluding hydrogens is 204 g/mol. The molecule has 0 aromatic heterocycles. The fraction of sp³-hybridized carbons (Fsp3) is 0.917. The summed E-state index contributed by atoms with van der Waals surface area (Å²) in [4.78, 5) is 11.0. The van der Waals surface area contributed by atoms with Crippen molar-refractivity contribution in [3.63, 3.8) is 0 Å². The van der Waals surface area contributed by atoms with E-state index in [1.165, 1.54) is 12.8 Å². The lowest BCUT2D eigenvalue weighted by Crippen LogP contribution is -2.31. The van der Waals surface area contributed by atoms with E-state index >= 15 is 0 Å². The van der Waals surface area contributed by atoms with Gasteiger partial charge in [-0.3, -0.25) is 10.2 Å². The highest BCUT2D eigenvalue weighted by Crippen LogP contribution is 2.26. The topological polar surface area (TPSA) is 64.3 Å². The number of ether oxygens (including phenoxy) is 1. The third-order valence-corrected chi connectivity index (χ3v) is 3.33. The van der Waals surface area contributed by atoms with E-state index < -0.39 is 0 Å². The molecule has 94 valence electrons. The molecule has 1 amide bonds. The lowest BCUT2D eigenvalue weighted by molar-refractivity contribution is -0.122. The standard InChI is InChI=1S/C12H24N2O2/c1-9-3-6-11(7-4-9)16-10(2)5-8-12(15)14-13/h9-11H,3-8,13H2,1-2H3,(H,14,15). The predicted octanol–water partition coefficient (Wildman–Crippen LogP) is 1.74. The Hall–Kier alpha value is -0.610. The molecule has 1 aliphatic rings. The average Bonchev–Trinajstić information content (AvgIpc) is 2.29. The van der Waals surface area contributed by atoms with Gasteiger partial charge in [-0.1, -0.05) is 6.92 Å². The quantitative estimate of drug-likeness (QED) is 0.428. The first-order valence-corrected chi connectivity index (χ1v) is 6.26. The highest BCUT2D eigenvalue weighted by atomic mass is 16.5. The van der Waals surface area contributed by atoms with Gasteiger partial charge in [0, 0.05) is 6.42 Å². The second-order valence-electron chi connectivity index (χ2n) is 4.93. The number of hydrazine groups is 1. The molecule has 1 unspecified atom stereocenters. The van der Waals surface area contributed by atoms with Crippen molar-refractivity contribution in [3.8, 4) is 0 Å². The van der Waals surface area contributed by atoms with Crippen LogP contribution in [0.15, 0.2) is 0 Å². The van der Waals surface area contributed by atoms with Crippen LogP contribution in [0.25, 0.3) is 0 Å². The summed E-state index contributed by atoms with van der Waals surface area (Å²) in [6.45, 7) is 4.33. The van der Waals surface area contributed by atoms with Gasteiger partial charge in [0.15, 0.2) is 0 Å². The van der Waals surface area contributed by atoms with E-state index in [1.54, 1.807) is 0 Å². The Morgan fingerprint density at radius 3 is 2.62 bits per heavy atom. The van der Waals surface area contributed by atoms with Crippen LogP contribution in [-0.2, 0) is 9.53 Å². The first-order valence-electron chi connectivity index (χ1n) is 6.26. The summed E-state index contributed by atoms with van der Waals surface area (Å²) in [5, 5.41) is 0. The summed E-state index contributed by atoms with van der Waals surface area (Å²) in [5.41, 5.74) is 2.14. The average molecular weight is 228 g/mol. The van der Waals surface area contributed by atoms with Crippen molar-refractivity contribution >= 4 is 5.91 Å². The van der Waals surface area contributed by atoms with Crippen LogP contribution in [0.2, 0.25) is 0 Å². The van der Waals surface area contributed by atoms with E-state index in [0.717, 1.165) is 25.2 Å². The molecule has 4 nitrogen and oxygen atoms in total. The molecule has 1 rings (SSSR count). The number of nitrogens with one attached hydrogen (secondary N) is 1. The van der Waals surface area contributed by atoms with Crippen molar-refractivity contribution in [2.75, 3.05) is 0 Å². The van der Waals surface area contributed by atoms with Crippen molar-refractivity contribution in [3.05, 3.63) is 0 Å². The van der Waals surface area contributed by atoms with Crippen LogP contribution < -0.4 is 11.3 Å². The lowest BCUT2D eigenvalue weighted by Gasteiger charge is -2.28. The van der Waals surface area contributed by atoms with E-state index in [4.69, 9.17) is 10.6 Å². The van der Waals surface area contributed by atoms with Gasteiger partial charge in [0.05, 0.1) is 12.2 Å². The highest BCUT2D eigenvalue weighted by Gasteiger charge is 2.20. The van der Waals surface area contributed by atoms with E-state index in [0.29, 0.717) is 12.5 Å². The Balaban J connectivity index is 2.13. The minimum absolute atomic E-state index is 0.118. The van der Waals surface area contributed by atoms with Crippen LogP contribution >= 0.6 is 0 Å². The van der Waals surface area contributed by atoms with Crippen molar-refractivity contribution in [1.29, 1.82) is 0 Å². The van der Waals surface area contributed by atoms with Crippen molar-refractivity contribution in [1.82, 2.24) is 5.43 Å². The first kappa shape index (κ1) is 13.5. The molecule has 16 heavy (non-hydrogen) atoms. The number of carbonyl (C=O) groups is 1. The zero-order chi connectivity index (χ0) is 12.0. The molecule has 0 aliphatic heterocycles.